The molecule has 0 aromatic heterocycles. The maximum absolute atomic E-state index is 13.9. The normalized spacial score (nSPS) is 19.2. The number of thioether (sulfide) groups is 2. The summed E-state index contributed by atoms with van der Waals surface area (Å²) in [7, 11) is 0. The van der Waals surface area contributed by atoms with Gasteiger partial charge in [0.2, 0.25) is 5.90 Å². The molecule has 1 heterocycles. The van der Waals surface area contributed by atoms with Crippen LogP contribution in [-0.2, 0) is 14.3 Å². The SMILES string of the molecule is CCOC(=O)C1(C(F)(F)F)N=C(N=C(SC)SC)OC(c2ccc(F)cc2)=N1. The van der Waals surface area contributed by atoms with Crippen LogP contribution in [0.3, 0.4) is 0 Å². The van der Waals surface area contributed by atoms with E-state index in [1.165, 1.54) is 6.92 Å². The molecule has 1 aliphatic heterocycles. The quantitative estimate of drug-likeness (QED) is 0.311. The molecule has 0 aliphatic carbocycles. The summed E-state index contributed by atoms with van der Waals surface area (Å²) in [6.45, 7) is 1.04. The molecule has 0 saturated carbocycles. The Morgan fingerprint density at radius 2 is 1.82 bits per heavy atom. The van der Waals surface area contributed by atoms with Crippen molar-refractivity contribution in [1.82, 2.24) is 0 Å². The Balaban J connectivity index is 2.69. The number of benzene rings is 1. The molecular formula is C16H15F4N3O3S2. The van der Waals surface area contributed by atoms with E-state index in [1.807, 2.05) is 0 Å². The number of hydrogen-bond acceptors (Lipinski definition) is 8. The fraction of sp³-hybridized carbons (Fsp3) is 0.375. The van der Waals surface area contributed by atoms with E-state index in [0.717, 1.165) is 47.8 Å². The molecule has 0 fully saturated rings. The first kappa shape index (κ1) is 22.2. The zero-order valence-electron chi connectivity index (χ0n) is 14.9. The number of alkyl halides is 3. The van der Waals surface area contributed by atoms with Crippen LogP contribution >= 0.6 is 23.5 Å². The molecule has 1 aliphatic rings. The van der Waals surface area contributed by atoms with Gasteiger partial charge in [-0.15, -0.1) is 23.5 Å². The van der Waals surface area contributed by atoms with Crippen LogP contribution in [0.4, 0.5) is 17.6 Å². The molecule has 1 aromatic rings. The molecule has 0 N–H and O–H groups in total. The van der Waals surface area contributed by atoms with Gasteiger partial charge in [-0.1, -0.05) is 0 Å². The molecule has 0 saturated heterocycles. The largest absolute Gasteiger partial charge is 0.462 e. The summed E-state index contributed by atoms with van der Waals surface area (Å²) in [5, 5.41) is 0. The van der Waals surface area contributed by atoms with E-state index in [1.54, 1.807) is 12.5 Å². The van der Waals surface area contributed by atoms with Gasteiger partial charge in [0.1, 0.15) is 10.2 Å². The molecule has 0 radical (unpaired) electrons. The molecule has 28 heavy (non-hydrogen) atoms. The first-order valence-corrected chi connectivity index (χ1v) is 10.2. The summed E-state index contributed by atoms with van der Waals surface area (Å²) in [4.78, 5) is 22.9. The molecule has 0 spiro atoms. The number of carbonyl (C=O) groups excluding carboxylic acids is 1. The van der Waals surface area contributed by atoms with Gasteiger partial charge in [-0.3, -0.25) is 0 Å². The lowest BCUT2D eigenvalue weighted by Gasteiger charge is -2.29. The van der Waals surface area contributed by atoms with Crippen LogP contribution in [0.5, 0.6) is 0 Å². The molecule has 12 heteroatoms. The van der Waals surface area contributed by atoms with Crippen molar-refractivity contribution in [3.05, 3.63) is 35.6 Å². The van der Waals surface area contributed by atoms with E-state index in [9.17, 15) is 22.4 Å². The Hall–Kier alpha value is -2.08. The smallest absolute Gasteiger partial charge is 0.446 e. The van der Waals surface area contributed by atoms with E-state index in [0.29, 0.717) is 4.38 Å². The van der Waals surface area contributed by atoms with Crippen LogP contribution in [0.1, 0.15) is 12.5 Å². The first-order valence-electron chi connectivity index (χ1n) is 7.71. The zero-order chi connectivity index (χ0) is 20.9. The van der Waals surface area contributed by atoms with Gasteiger partial charge in [-0.25, -0.2) is 9.18 Å². The van der Waals surface area contributed by atoms with Gasteiger partial charge < -0.3 is 9.47 Å². The van der Waals surface area contributed by atoms with Crippen LogP contribution < -0.4 is 0 Å². The standard InChI is InChI=1S/C16H15F4N3O3S2/c1-4-25-12(24)15(16(18,19)20)22-11(9-5-7-10(17)8-6-9)26-13(23-15)21-14(27-2)28-3/h5-8H,4H2,1-3H3. The lowest BCUT2D eigenvalue weighted by molar-refractivity contribution is -0.204. The van der Waals surface area contributed by atoms with Crippen LogP contribution in [0.2, 0.25) is 0 Å². The fourth-order valence-corrected chi connectivity index (χ4v) is 3.03. The highest BCUT2D eigenvalue weighted by molar-refractivity contribution is 8.38. The Morgan fingerprint density at radius 3 is 2.32 bits per heavy atom. The number of amidine groups is 1. The molecule has 6 nitrogen and oxygen atoms in total. The van der Waals surface area contributed by atoms with Crippen LogP contribution in [0.15, 0.2) is 39.2 Å². The average molecular weight is 437 g/mol. The fourth-order valence-electron chi connectivity index (χ4n) is 2.02. The average Bonchev–Trinajstić information content (AvgIpc) is 2.65. The summed E-state index contributed by atoms with van der Waals surface area (Å²) < 4.78 is 65.1. The molecule has 0 bridgehead atoms. The van der Waals surface area contributed by atoms with Gasteiger partial charge in [0.15, 0.2) is 0 Å². The van der Waals surface area contributed by atoms with Gasteiger partial charge in [0.25, 0.3) is 0 Å². The number of aliphatic imine (C=N–C) groups is 3. The number of carbonyl (C=O) groups is 1. The van der Waals surface area contributed by atoms with Crippen molar-refractivity contribution in [3.63, 3.8) is 0 Å². The number of esters is 1. The minimum atomic E-state index is -5.23. The third-order valence-corrected chi connectivity index (χ3v) is 5.17. The van der Waals surface area contributed by atoms with Crippen molar-refractivity contribution in [3.8, 4) is 0 Å². The monoisotopic (exact) mass is 437 g/mol. The van der Waals surface area contributed by atoms with Crippen molar-refractivity contribution in [2.75, 3.05) is 19.1 Å². The predicted molar refractivity (Wildman–Crippen MR) is 101 cm³/mol. The summed E-state index contributed by atoms with van der Waals surface area (Å²) in [5.41, 5.74) is -3.57. The predicted octanol–water partition coefficient (Wildman–Crippen LogP) is 3.86. The van der Waals surface area contributed by atoms with Crippen LogP contribution in [-0.4, -0.2) is 53.2 Å². The molecule has 0 amide bonds. The topological polar surface area (TPSA) is 72.6 Å². The van der Waals surface area contributed by atoms with Crippen molar-refractivity contribution < 1.29 is 31.8 Å². The van der Waals surface area contributed by atoms with E-state index >= 15 is 0 Å². The minimum Gasteiger partial charge on any atom is -0.462 e. The van der Waals surface area contributed by atoms with Gasteiger partial charge in [0, 0.05) is 5.56 Å². The lowest BCUT2D eigenvalue weighted by atomic mass is 10.1. The van der Waals surface area contributed by atoms with Gasteiger partial charge >= 0.3 is 23.8 Å². The second-order valence-corrected chi connectivity index (χ2v) is 6.95. The van der Waals surface area contributed by atoms with E-state index < -0.39 is 35.5 Å². The zero-order valence-corrected chi connectivity index (χ0v) is 16.5. The minimum absolute atomic E-state index is 0.0109. The highest BCUT2D eigenvalue weighted by atomic mass is 32.2. The Kier molecular flexibility index (Phi) is 7.10. The lowest BCUT2D eigenvalue weighted by Crippen LogP contribution is -2.53. The Labute approximate surface area is 166 Å². The number of ether oxygens (including phenoxy) is 2. The van der Waals surface area contributed by atoms with Gasteiger partial charge in [0.05, 0.1) is 6.61 Å². The molecular weight excluding hydrogens is 422 g/mol. The Morgan fingerprint density at radius 1 is 1.21 bits per heavy atom. The highest BCUT2D eigenvalue weighted by Gasteiger charge is 2.65. The summed E-state index contributed by atoms with van der Waals surface area (Å²) in [5.74, 6) is -2.90. The molecule has 1 aromatic carbocycles. The highest BCUT2D eigenvalue weighted by Crippen LogP contribution is 2.39. The summed E-state index contributed by atoms with van der Waals surface area (Å²) in [6.07, 6.45) is -1.90. The van der Waals surface area contributed by atoms with E-state index in [4.69, 9.17) is 4.74 Å². The van der Waals surface area contributed by atoms with Gasteiger partial charge in [-0.2, -0.15) is 28.1 Å². The third-order valence-electron chi connectivity index (χ3n) is 3.29. The van der Waals surface area contributed by atoms with Crippen LogP contribution in [0.25, 0.3) is 0 Å². The van der Waals surface area contributed by atoms with E-state index in [-0.39, 0.29) is 12.2 Å². The molecule has 152 valence electrons. The molecule has 1 unspecified atom stereocenters. The third kappa shape index (κ3) is 4.66. The van der Waals surface area contributed by atoms with Crippen LogP contribution in [0, 0.1) is 5.82 Å². The summed E-state index contributed by atoms with van der Waals surface area (Å²) in [6, 6.07) is 3.66. The maximum Gasteiger partial charge on any atom is 0.446 e. The second kappa shape index (κ2) is 8.95. The maximum atomic E-state index is 13.9. The first-order chi connectivity index (χ1) is 13.2. The van der Waals surface area contributed by atoms with Gasteiger partial charge in [-0.05, 0) is 43.7 Å². The molecule has 1 atom stereocenters. The number of nitrogens with zero attached hydrogens (tertiary/aromatic N) is 3. The van der Waals surface area contributed by atoms with E-state index in [2.05, 4.69) is 19.7 Å². The summed E-state index contributed by atoms with van der Waals surface area (Å²) >= 11 is 2.31. The van der Waals surface area contributed by atoms with Crippen molar-refractivity contribution in [2.45, 2.75) is 18.8 Å². The van der Waals surface area contributed by atoms with Crippen molar-refractivity contribution >= 4 is 45.8 Å². The van der Waals surface area contributed by atoms with Crippen molar-refractivity contribution in [1.29, 1.82) is 0 Å². The number of hydrogen-bond donors (Lipinski definition) is 0. The Bertz CT molecular complexity index is 819. The number of halogens is 4. The van der Waals surface area contributed by atoms with Crippen molar-refractivity contribution in [2.24, 2.45) is 15.0 Å². The molecule has 2 rings (SSSR count). The second-order valence-electron chi connectivity index (χ2n) is 5.10. The number of rotatable bonds is 3.